The van der Waals surface area contributed by atoms with Gasteiger partial charge in [-0.15, -0.1) is 13.2 Å². The molecule has 2 aromatic rings. The van der Waals surface area contributed by atoms with Crippen molar-refractivity contribution in [2.24, 2.45) is 5.92 Å². The highest BCUT2D eigenvalue weighted by Crippen LogP contribution is 2.39. The lowest BCUT2D eigenvalue weighted by Gasteiger charge is -2.39. The van der Waals surface area contributed by atoms with Gasteiger partial charge in [0.2, 0.25) is 10.0 Å². The molecule has 2 fully saturated rings. The monoisotopic (exact) mass is 666 g/mol. The second-order valence-electron chi connectivity index (χ2n) is 13.3. The van der Waals surface area contributed by atoms with Gasteiger partial charge in [-0.25, -0.2) is 8.42 Å². The van der Waals surface area contributed by atoms with Crippen molar-refractivity contribution in [3.8, 4) is 5.75 Å². The molecule has 12 heteroatoms. The molecule has 0 atom stereocenters. The summed E-state index contributed by atoms with van der Waals surface area (Å²) >= 11 is 0. The number of carbonyl (C=O) groups excluding carboxylic acids is 1. The molecule has 1 saturated heterocycles. The highest BCUT2D eigenvalue weighted by molar-refractivity contribution is 7.89. The number of nitrogens with zero attached hydrogens (tertiary/aromatic N) is 1. The first-order valence-corrected chi connectivity index (χ1v) is 18.6. The van der Waals surface area contributed by atoms with E-state index in [9.17, 15) is 26.4 Å². The minimum atomic E-state index is -4.83. The number of piperidine rings is 1. The van der Waals surface area contributed by atoms with Crippen LogP contribution in [0.5, 0.6) is 5.75 Å². The van der Waals surface area contributed by atoms with Crippen molar-refractivity contribution < 1.29 is 31.1 Å². The van der Waals surface area contributed by atoms with Crippen LogP contribution in [0.4, 0.5) is 13.2 Å². The Kier molecular flexibility index (Phi) is 11.8. The fraction of sp³-hybridized carbons (Fsp3) is 0.676. The first-order chi connectivity index (χ1) is 22.1. The van der Waals surface area contributed by atoms with Crippen molar-refractivity contribution in [2.75, 3.05) is 26.2 Å². The number of aromatic amines is 1. The zero-order valence-corrected chi connectivity index (χ0v) is 27.5. The van der Waals surface area contributed by atoms with E-state index in [0.717, 1.165) is 82.2 Å². The number of nitrogens with one attached hydrogen (secondary N) is 3. The van der Waals surface area contributed by atoms with Crippen LogP contribution in [0.3, 0.4) is 0 Å². The Balaban J connectivity index is 1.04. The lowest BCUT2D eigenvalue weighted by Crippen LogP contribution is -2.47. The molecule has 1 aromatic heterocycles. The van der Waals surface area contributed by atoms with E-state index in [1.165, 1.54) is 66.9 Å². The number of aromatic nitrogens is 1. The molecule has 1 aromatic carbocycles. The summed E-state index contributed by atoms with van der Waals surface area (Å²) in [6, 6.07) is 6.44. The van der Waals surface area contributed by atoms with Gasteiger partial charge in [0.15, 0.2) is 0 Å². The van der Waals surface area contributed by atoms with Crippen molar-refractivity contribution in [1.82, 2.24) is 19.9 Å². The average Bonchev–Trinajstić information content (AvgIpc) is 3.46. The summed E-state index contributed by atoms with van der Waals surface area (Å²) < 4.78 is 68.5. The molecule has 256 valence electrons. The number of ether oxygens (including phenoxy) is 1. The van der Waals surface area contributed by atoms with Crippen LogP contribution in [0.15, 0.2) is 35.2 Å². The van der Waals surface area contributed by atoms with Crippen LogP contribution in [0.1, 0.15) is 118 Å². The molecule has 1 aliphatic carbocycles. The van der Waals surface area contributed by atoms with Gasteiger partial charge in [-0.3, -0.25) is 4.79 Å². The summed E-state index contributed by atoms with van der Waals surface area (Å²) in [6.45, 7) is 2.28. The fourth-order valence-electron chi connectivity index (χ4n) is 7.51. The number of sulfonamides is 1. The summed E-state index contributed by atoms with van der Waals surface area (Å²) in [4.78, 5) is 16.5. The molecule has 1 saturated carbocycles. The number of fused-ring (bicyclic) bond motifs is 2. The predicted molar refractivity (Wildman–Crippen MR) is 171 cm³/mol. The van der Waals surface area contributed by atoms with E-state index in [1.807, 2.05) is 0 Å². The maximum Gasteiger partial charge on any atom is 0.573 e. The van der Waals surface area contributed by atoms with Gasteiger partial charge in [-0.05, 0) is 73.9 Å². The number of halogens is 3. The molecular weight excluding hydrogens is 617 g/mol. The molecule has 8 nitrogen and oxygen atoms in total. The van der Waals surface area contributed by atoms with Crippen LogP contribution in [0.25, 0.3) is 0 Å². The molecule has 46 heavy (non-hydrogen) atoms. The fourth-order valence-corrected chi connectivity index (χ4v) is 8.98. The molecule has 0 unspecified atom stereocenters. The van der Waals surface area contributed by atoms with E-state index in [0.29, 0.717) is 31.2 Å². The normalized spacial score (nSPS) is 20.5. The van der Waals surface area contributed by atoms with Gasteiger partial charge in [0, 0.05) is 43.8 Å². The second kappa shape index (κ2) is 15.6. The number of hydrogen-bond acceptors (Lipinski definition) is 5. The standard InChI is InChI=1S/C34H49F3N4O4S/c35-34(36,37)45-27-12-14-28(15-13-27)46(43,44)41-23-17-26(18-24-41)11-7-10-21-38-32(42)31-25-29-30(40-31)16-22-39-33(29)19-8-5-3-1-2-4-6-9-20-33/h12-15,25-26,39-40H,1-11,16-24H2,(H,38,42). The minimum Gasteiger partial charge on any atom is -0.406 e. The van der Waals surface area contributed by atoms with Crippen LogP contribution in [0.2, 0.25) is 0 Å². The third-order valence-electron chi connectivity index (χ3n) is 10.0. The summed E-state index contributed by atoms with van der Waals surface area (Å²) in [5, 5.41) is 6.97. The summed E-state index contributed by atoms with van der Waals surface area (Å²) in [7, 11) is -3.79. The van der Waals surface area contributed by atoms with E-state index in [4.69, 9.17) is 0 Å². The second-order valence-corrected chi connectivity index (χ2v) is 15.2. The number of amides is 1. The number of hydrogen-bond donors (Lipinski definition) is 3. The molecule has 1 amide bonds. The molecular formula is C34H49F3N4O4S. The maximum absolute atomic E-state index is 13.1. The average molecular weight is 667 g/mol. The van der Waals surface area contributed by atoms with Crippen LogP contribution >= 0.6 is 0 Å². The SMILES string of the molecule is O=C(NCCCCC1CCN(S(=O)(=O)c2ccc(OC(F)(F)F)cc2)CC1)c1cc2c([nH]1)CCNC21CCCCCCCCCC1. The number of benzene rings is 1. The summed E-state index contributed by atoms with van der Waals surface area (Å²) in [5.74, 6) is -0.118. The van der Waals surface area contributed by atoms with E-state index in [1.54, 1.807) is 0 Å². The molecule has 0 radical (unpaired) electrons. The largest absolute Gasteiger partial charge is 0.573 e. The van der Waals surface area contributed by atoms with Crippen LogP contribution < -0.4 is 15.4 Å². The molecule has 3 aliphatic rings. The van der Waals surface area contributed by atoms with Gasteiger partial charge in [0.25, 0.3) is 5.91 Å². The molecule has 1 spiro atoms. The first-order valence-electron chi connectivity index (χ1n) is 17.2. The maximum atomic E-state index is 13.1. The number of rotatable bonds is 9. The number of carbonyl (C=O) groups is 1. The molecule has 3 N–H and O–H groups in total. The highest BCUT2D eigenvalue weighted by Gasteiger charge is 2.37. The summed E-state index contributed by atoms with van der Waals surface area (Å²) in [6.07, 6.45) is 12.8. The van der Waals surface area contributed by atoms with Crippen molar-refractivity contribution in [3.63, 3.8) is 0 Å². The van der Waals surface area contributed by atoms with Crippen LogP contribution in [-0.4, -0.2) is 56.2 Å². The van der Waals surface area contributed by atoms with Gasteiger partial charge >= 0.3 is 6.36 Å². The third-order valence-corrected chi connectivity index (χ3v) is 12.0. The van der Waals surface area contributed by atoms with E-state index < -0.39 is 22.1 Å². The Bertz CT molecular complexity index is 1370. The number of unbranched alkanes of at least 4 members (excludes halogenated alkanes) is 1. The van der Waals surface area contributed by atoms with E-state index in [2.05, 4.69) is 26.4 Å². The Morgan fingerprint density at radius 1 is 0.957 bits per heavy atom. The van der Waals surface area contributed by atoms with Gasteiger partial charge in [0.1, 0.15) is 11.4 Å². The smallest absolute Gasteiger partial charge is 0.406 e. The van der Waals surface area contributed by atoms with Gasteiger partial charge in [-0.1, -0.05) is 64.2 Å². The Labute approximate surface area is 271 Å². The predicted octanol–water partition coefficient (Wildman–Crippen LogP) is 7.17. The highest BCUT2D eigenvalue weighted by atomic mass is 32.2. The van der Waals surface area contributed by atoms with Gasteiger partial charge in [-0.2, -0.15) is 4.31 Å². The quantitative estimate of drug-likeness (QED) is 0.246. The summed E-state index contributed by atoms with van der Waals surface area (Å²) in [5.41, 5.74) is 3.12. The zero-order valence-electron chi connectivity index (χ0n) is 26.7. The minimum absolute atomic E-state index is 0.0297. The van der Waals surface area contributed by atoms with Crippen molar-refractivity contribution >= 4 is 15.9 Å². The van der Waals surface area contributed by atoms with E-state index >= 15 is 0 Å². The number of alkyl halides is 3. The molecule has 5 rings (SSSR count). The van der Waals surface area contributed by atoms with Crippen molar-refractivity contribution in [1.29, 1.82) is 0 Å². The van der Waals surface area contributed by atoms with E-state index in [-0.39, 0.29) is 16.3 Å². The Morgan fingerprint density at radius 3 is 2.22 bits per heavy atom. The number of H-pyrrole nitrogens is 1. The van der Waals surface area contributed by atoms with Crippen molar-refractivity contribution in [3.05, 3.63) is 47.3 Å². The molecule has 3 heterocycles. The molecule has 2 aliphatic heterocycles. The van der Waals surface area contributed by atoms with Crippen LogP contribution in [0, 0.1) is 5.92 Å². The van der Waals surface area contributed by atoms with Crippen LogP contribution in [-0.2, 0) is 22.0 Å². The third kappa shape index (κ3) is 9.07. The lowest BCUT2D eigenvalue weighted by atomic mass is 9.78. The van der Waals surface area contributed by atoms with Gasteiger partial charge < -0.3 is 20.4 Å². The zero-order chi connectivity index (χ0) is 32.6. The van der Waals surface area contributed by atoms with Gasteiger partial charge in [0.05, 0.1) is 4.90 Å². The lowest BCUT2D eigenvalue weighted by molar-refractivity contribution is -0.274. The molecule has 0 bridgehead atoms. The van der Waals surface area contributed by atoms with Crippen molar-refractivity contribution in [2.45, 2.75) is 120 Å². The Hall–Kier alpha value is -2.57. The Morgan fingerprint density at radius 2 is 1.59 bits per heavy atom. The first kappa shape index (κ1) is 34.8. The topological polar surface area (TPSA) is 104 Å².